The second-order valence-electron chi connectivity index (χ2n) is 7.60. The van der Waals surface area contributed by atoms with Crippen molar-refractivity contribution in [3.05, 3.63) is 64.7 Å². The number of aryl methyl sites for hydroxylation is 1. The van der Waals surface area contributed by atoms with E-state index in [0.29, 0.717) is 12.5 Å². The van der Waals surface area contributed by atoms with Crippen LogP contribution in [0.4, 0.5) is 0 Å². The molecular formula is C22H30NO2+. The predicted octanol–water partition coefficient (Wildman–Crippen LogP) is 2.50. The molecule has 25 heavy (non-hydrogen) atoms. The summed E-state index contributed by atoms with van der Waals surface area (Å²) in [7, 11) is 0. The molecule has 3 rings (SSSR count). The summed E-state index contributed by atoms with van der Waals surface area (Å²) in [5.41, 5.74) is 5.35. The van der Waals surface area contributed by atoms with Gasteiger partial charge in [0, 0.05) is 12.0 Å². The molecule has 134 valence electrons. The fraction of sp³-hybridized carbons (Fsp3) is 0.455. The Morgan fingerprint density at radius 3 is 2.64 bits per heavy atom. The van der Waals surface area contributed by atoms with E-state index in [1.807, 2.05) is 6.07 Å². The fourth-order valence-electron chi connectivity index (χ4n) is 3.60. The molecule has 0 saturated carbocycles. The van der Waals surface area contributed by atoms with E-state index < -0.39 is 6.10 Å². The molecule has 1 aliphatic heterocycles. The van der Waals surface area contributed by atoms with Crippen LogP contribution in [0, 0.1) is 6.92 Å². The molecule has 0 spiro atoms. The lowest BCUT2D eigenvalue weighted by Gasteiger charge is -2.27. The summed E-state index contributed by atoms with van der Waals surface area (Å²) in [5.74, 6) is 1.34. The Balaban J connectivity index is 1.53. The zero-order chi connectivity index (χ0) is 17.8. The standard InChI is InChI=1S/C22H29NO2/c1-16(2)20-10-17(3)11-22(12-20)25-15-21(24)14-23-9-8-18-6-4-5-7-19(18)13-23/h4-7,10-12,16,21,24H,8-9,13-15H2,1-3H3/p+1/t21-/m1/s1. The van der Waals surface area contributed by atoms with E-state index in [-0.39, 0.29) is 0 Å². The molecule has 2 atom stereocenters. The Hall–Kier alpha value is -1.84. The Labute approximate surface area is 151 Å². The van der Waals surface area contributed by atoms with E-state index in [2.05, 4.69) is 57.2 Å². The van der Waals surface area contributed by atoms with Crippen molar-refractivity contribution in [1.82, 2.24) is 0 Å². The molecule has 1 unspecified atom stereocenters. The number of hydrogen-bond donors (Lipinski definition) is 2. The lowest BCUT2D eigenvalue weighted by molar-refractivity contribution is -0.918. The molecule has 0 aliphatic carbocycles. The number of aliphatic hydroxyl groups is 1. The average molecular weight is 340 g/mol. The van der Waals surface area contributed by atoms with Crippen LogP contribution in [0.1, 0.15) is 42.0 Å². The Morgan fingerprint density at radius 2 is 1.88 bits per heavy atom. The highest BCUT2D eigenvalue weighted by Gasteiger charge is 2.22. The smallest absolute Gasteiger partial charge is 0.137 e. The highest BCUT2D eigenvalue weighted by molar-refractivity contribution is 5.35. The van der Waals surface area contributed by atoms with Crippen molar-refractivity contribution >= 4 is 0 Å². The maximum Gasteiger partial charge on any atom is 0.137 e. The average Bonchev–Trinajstić information content (AvgIpc) is 2.59. The first-order valence-corrected chi connectivity index (χ1v) is 9.34. The number of benzene rings is 2. The minimum Gasteiger partial charge on any atom is -0.491 e. The van der Waals surface area contributed by atoms with Gasteiger partial charge < -0.3 is 14.7 Å². The zero-order valence-corrected chi connectivity index (χ0v) is 15.6. The SMILES string of the molecule is Cc1cc(OC[C@H](O)C[NH+]2CCc3ccccc3C2)cc(C(C)C)c1. The van der Waals surface area contributed by atoms with Crippen molar-refractivity contribution in [2.75, 3.05) is 19.7 Å². The minimum atomic E-state index is -0.441. The van der Waals surface area contributed by atoms with Crippen LogP contribution in [-0.4, -0.2) is 30.9 Å². The molecule has 0 radical (unpaired) electrons. The largest absolute Gasteiger partial charge is 0.491 e. The van der Waals surface area contributed by atoms with Crippen LogP contribution in [0.2, 0.25) is 0 Å². The summed E-state index contributed by atoms with van der Waals surface area (Å²) in [4.78, 5) is 1.43. The lowest BCUT2D eigenvalue weighted by Crippen LogP contribution is -3.13. The maximum atomic E-state index is 10.4. The normalized spacial score (nSPS) is 18.0. The molecular weight excluding hydrogens is 310 g/mol. The van der Waals surface area contributed by atoms with Crippen LogP contribution in [0.5, 0.6) is 5.75 Å². The summed E-state index contributed by atoms with van der Waals surface area (Å²) in [6.07, 6.45) is 0.651. The van der Waals surface area contributed by atoms with E-state index in [9.17, 15) is 5.11 Å². The Kier molecular flexibility index (Phi) is 5.77. The molecule has 1 heterocycles. The van der Waals surface area contributed by atoms with Gasteiger partial charge in [0.05, 0.1) is 6.54 Å². The van der Waals surface area contributed by atoms with Gasteiger partial charge in [-0.05, 0) is 41.7 Å². The summed E-state index contributed by atoms with van der Waals surface area (Å²) in [5, 5.41) is 10.4. The van der Waals surface area contributed by atoms with Gasteiger partial charge in [-0.3, -0.25) is 0 Å². The number of ether oxygens (including phenoxy) is 1. The van der Waals surface area contributed by atoms with Gasteiger partial charge in [-0.2, -0.15) is 0 Å². The number of aliphatic hydroxyl groups excluding tert-OH is 1. The Bertz CT molecular complexity index is 711. The predicted molar refractivity (Wildman–Crippen MR) is 101 cm³/mol. The van der Waals surface area contributed by atoms with Gasteiger partial charge >= 0.3 is 0 Å². The van der Waals surface area contributed by atoms with Gasteiger partial charge in [-0.1, -0.05) is 44.2 Å². The van der Waals surface area contributed by atoms with Crippen molar-refractivity contribution in [3.63, 3.8) is 0 Å². The molecule has 3 nitrogen and oxygen atoms in total. The maximum absolute atomic E-state index is 10.4. The van der Waals surface area contributed by atoms with E-state index in [1.54, 1.807) is 0 Å². The number of hydrogen-bond acceptors (Lipinski definition) is 2. The first-order chi connectivity index (χ1) is 12.0. The zero-order valence-electron chi connectivity index (χ0n) is 15.6. The highest BCUT2D eigenvalue weighted by Crippen LogP contribution is 2.22. The summed E-state index contributed by atoms with van der Waals surface area (Å²) in [6.45, 7) is 9.62. The van der Waals surface area contributed by atoms with Crippen molar-refractivity contribution in [2.45, 2.75) is 45.8 Å². The van der Waals surface area contributed by atoms with Crippen molar-refractivity contribution in [3.8, 4) is 5.75 Å². The van der Waals surface area contributed by atoms with Crippen molar-refractivity contribution in [1.29, 1.82) is 0 Å². The number of rotatable bonds is 6. The fourth-order valence-corrected chi connectivity index (χ4v) is 3.60. The van der Waals surface area contributed by atoms with E-state index in [4.69, 9.17) is 4.74 Å². The number of quaternary nitrogens is 1. The molecule has 0 aromatic heterocycles. The second-order valence-corrected chi connectivity index (χ2v) is 7.60. The summed E-state index contributed by atoms with van der Waals surface area (Å²) < 4.78 is 5.89. The van der Waals surface area contributed by atoms with Gasteiger partial charge in [0.1, 0.15) is 31.5 Å². The molecule has 3 heteroatoms. The monoisotopic (exact) mass is 340 g/mol. The molecule has 0 amide bonds. The van der Waals surface area contributed by atoms with E-state index in [1.165, 1.54) is 27.2 Å². The third-order valence-corrected chi connectivity index (χ3v) is 5.01. The van der Waals surface area contributed by atoms with E-state index in [0.717, 1.165) is 31.8 Å². The molecule has 0 fully saturated rings. The summed E-state index contributed by atoms with van der Waals surface area (Å²) in [6, 6.07) is 15.0. The highest BCUT2D eigenvalue weighted by atomic mass is 16.5. The van der Waals surface area contributed by atoms with Crippen molar-refractivity contribution in [2.24, 2.45) is 0 Å². The number of fused-ring (bicyclic) bond motifs is 1. The van der Waals surface area contributed by atoms with Crippen LogP contribution in [-0.2, 0) is 13.0 Å². The van der Waals surface area contributed by atoms with Gasteiger partial charge in [0.15, 0.2) is 0 Å². The molecule has 2 aromatic carbocycles. The van der Waals surface area contributed by atoms with E-state index >= 15 is 0 Å². The molecule has 1 aliphatic rings. The third kappa shape index (κ3) is 4.83. The first-order valence-electron chi connectivity index (χ1n) is 9.34. The van der Waals surface area contributed by atoms with Crippen LogP contribution in [0.25, 0.3) is 0 Å². The molecule has 2 N–H and O–H groups in total. The topological polar surface area (TPSA) is 33.9 Å². The number of nitrogens with one attached hydrogen (secondary N) is 1. The Morgan fingerprint density at radius 1 is 1.12 bits per heavy atom. The van der Waals surface area contributed by atoms with Crippen LogP contribution >= 0.6 is 0 Å². The quantitative estimate of drug-likeness (QED) is 0.847. The minimum absolute atomic E-state index is 0.353. The molecule has 0 bridgehead atoms. The van der Waals surface area contributed by atoms with Crippen molar-refractivity contribution < 1.29 is 14.7 Å². The van der Waals surface area contributed by atoms with Gasteiger partial charge in [-0.15, -0.1) is 0 Å². The van der Waals surface area contributed by atoms with Crippen LogP contribution in [0.3, 0.4) is 0 Å². The third-order valence-electron chi connectivity index (χ3n) is 5.01. The summed E-state index contributed by atoms with van der Waals surface area (Å²) >= 11 is 0. The van der Waals surface area contributed by atoms with Gasteiger partial charge in [-0.25, -0.2) is 0 Å². The van der Waals surface area contributed by atoms with Crippen LogP contribution < -0.4 is 9.64 Å². The van der Waals surface area contributed by atoms with Gasteiger partial charge in [0.2, 0.25) is 0 Å². The first kappa shape index (κ1) is 18.0. The molecule has 0 saturated heterocycles. The van der Waals surface area contributed by atoms with Gasteiger partial charge in [0.25, 0.3) is 0 Å². The van der Waals surface area contributed by atoms with Crippen LogP contribution in [0.15, 0.2) is 42.5 Å². The lowest BCUT2D eigenvalue weighted by atomic mass is 10.00. The second kappa shape index (κ2) is 8.03. The molecule has 2 aromatic rings.